The molecule has 2 heterocycles. The monoisotopic (exact) mass is 366 g/mol. The number of benzene rings is 2. The zero-order valence-corrected chi connectivity index (χ0v) is 15.6. The summed E-state index contributed by atoms with van der Waals surface area (Å²) in [5.74, 6) is 0.586. The van der Waals surface area contributed by atoms with Gasteiger partial charge >= 0.3 is 0 Å². The van der Waals surface area contributed by atoms with Crippen molar-refractivity contribution in [1.82, 2.24) is 9.38 Å². The molecule has 0 atom stereocenters. The third kappa shape index (κ3) is 2.94. The van der Waals surface area contributed by atoms with Crippen LogP contribution in [0.4, 0.5) is 5.69 Å². The number of rotatable bonds is 5. The van der Waals surface area contributed by atoms with Crippen molar-refractivity contribution in [2.24, 2.45) is 0 Å². The fraction of sp³-hybridized carbons (Fsp3) is 0.300. The molecule has 0 spiro atoms. The highest BCUT2D eigenvalue weighted by Gasteiger charge is 2.18. The van der Waals surface area contributed by atoms with Crippen molar-refractivity contribution in [3.8, 4) is 5.75 Å². The van der Waals surface area contributed by atoms with E-state index in [-0.39, 0.29) is 15.8 Å². The summed E-state index contributed by atoms with van der Waals surface area (Å²) in [4.78, 5) is 17.8. The van der Waals surface area contributed by atoms with E-state index in [1.165, 1.54) is 12.1 Å². The molecule has 140 valence electrons. The van der Waals surface area contributed by atoms with E-state index in [9.17, 15) is 15.1 Å². The summed E-state index contributed by atoms with van der Waals surface area (Å²) < 4.78 is 1.85. The van der Waals surface area contributed by atoms with Crippen LogP contribution in [0.1, 0.15) is 12.2 Å². The van der Waals surface area contributed by atoms with Crippen molar-refractivity contribution >= 4 is 33.0 Å². The van der Waals surface area contributed by atoms with Gasteiger partial charge < -0.3 is 10.4 Å². The number of anilines is 1. The largest absolute Gasteiger partial charge is 0.872 e. The first-order chi connectivity index (χ1) is 12.8. The standard InChI is InChI=1S/C20H22N4O3/c1-12-22-16-7-6-15(21-9-4-10-24(2,3)27)18-19(16)23(12)17-8-5-13(25)11-14(17)20(18)26/h5-8,11,27H,4,9-10H2,1-3H3,(H-,21,25,26). The Morgan fingerprint density at radius 1 is 1.26 bits per heavy atom. The number of aryl methyl sites for hydroxylation is 1. The molecule has 0 aliphatic carbocycles. The lowest BCUT2D eigenvalue weighted by atomic mass is 10.1. The molecule has 0 radical (unpaired) electrons. The molecule has 2 N–H and O–H groups in total. The Kier molecular flexibility index (Phi) is 3.94. The minimum absolute atomic E-state index is 0.0991. The molecular weight excluding hydrogens is 344 g/mol. The Labute approximate surface area is 156 Å². The number of aromatic nitrogens is 2. The van der Waals surface area contributed by atoms with Gasteiger partial charge in [0.25, 0.3) is 0 Å². The van der Waals surface area contributed by atoms with Gasteiger partial charge in [-0.2, -0.15) is 4.65 Å². The van der Waals surface area contributed by atoms with Crippen LogP contribution in [0, 0.1) is 6.92 Å². The van der Waals surface area contributed by atoms with E-state index in [1.807, 2.05) is 23.5 Å². The van der Waals surface area contributed by atoms with Crippen molar-refractivity contribution in [3.05, 3.63) is 46.4 Å². The number of nitrogens with zero attached hydrogens (tertiary/aromatic N) is 3. The van der Waals surface area contributed by atoms with Gasteiger partial charge in [-0.1, -0.05) is 12.1 Å². The third-order valence-electron chi connectivity index (χ3n) is 4.86. The molecule has 0 fully saturated rings. The Morgan fingerprint density at radius 3 is 2.78 bits per heavy atom. The molecule has 27 heavy (non-hydrogen) atoms. The van der Waals surface area contributed by atoms with Gasteiger partial charge in [-0.25, -0.2) is 10.2 Å². The van der Waals surface area contributed by atoms with Crippen LogP contribution in [0.15, 0.2) is 35.1 Å². The minimum Gasteiger partial charge on any atom is -0.872 e. The average molecular weight is 366 g/mol. The molecule has 0 bridgehead atoms. The molecule has 2 aromatic heterocycles. The van der Waals surface area contributed by atoms with Crippen molar-refractivity contribution < 1.29 is 15.0 Å². The average Bonchev–Trinajstić information content (AvgIpc) is 2.92. The second-order valence-electron chi connectivity index (χ2n) is 7.48. The molecule has 7 nitrogen and oxygen atoms in total. The molecule has 0 aliphatic heterocycles. The first-order valence-corrected chi connectivity index (χ1v) is 8.94. The van der Waals surface area contributed by atoms with E-state index in [0.29, 0.717) is 29.4 Å². The lowest BCUT2D eigenvalue weighted by Crippen LogP contribution is -2.36. The van der Waals surface area contributed by atoms with Crippen molar-refractivity contribution in [2.45, 2.75) is 13.3 Å². The zero-order valence-electron chi connectivity index (χ0n) is 15.6. The Morgan fingerprint density at radius 2 is 2.04 bits per heavy atom. The molecule has 2 aromatic carbocycles. The number of quaternary nitrogens is 1. The quantitative estimate of drug-likeness (QED) is 0.244. The zero-order chi connectivity index (χ0) is 19.3. The predicted octanol–water partition coefficient (Wildman–Crippen LogP) is 2.09. The molecule has 4 rings (SSSR count). The van der Waals surface area contributed by atoms with Crippen molar-refractivity contribution in [3.63, 3.8) is 0 Å². The Balaban J connectivity index is 1.89. The molecule has 0 aliphatic rings. The maximum Gasteiger partial charge on any atom is 0.199 e. The molecule has 0 unspecified atom stereocenters. The number of nitrogens with one attached hydrogen (secondary N) is 1. The molecular formula is C20H22N4O3. The highest BCUT2D eigenvalue weighted by atomic mass is 16.5. The second-order valence-corrected chi connectivity index (χ2v) is 7.48. The lowest BCUT2D eigenvalue weighted by Gasteiger charge is -2.19. The van der Waals surface area contributed by atoms with Crippen LogP contribution in [-0.4, -0.2) is 46.4 Å². The van der Waals surface area contributed by atoms with E-state index >= 15 is 0 Å². The minimum atomic E-state index is -0.187. The van der Waals surface area contributed by atoms with Crippen LogP contribution < -0.4 is 15.9 Å². The number of hydrogen-bond donors (Lipinski definition) is 2. The van der Waals surface area contributed by atoms with E-state index in [0.717, 1.165) is 29.0 Å². The van der Waals surface area contributed by atoms with Crippen LogP contribution in [0.2, 0.25) is 0 Å². The van der Waals surface area contributed by atoms with Gasteiger partial charge in [0, 0.05) is 24.0 Å². The van der Waals surface area contributed by atoms with Crippen molar-refractivity contribution in [2.75, 3.05) is 32.5 Å². The normalized spacial score (nSPS) is 12.4. The first-order valence-electron chi connectivity index (χ1n) is 8.94. The lowest BCUT2D eigenvalue weighted by molar-refractivity contribution is -1.07. The van der Waals surface area contributed by atoms with Gasteiger partial charge in [0.1, 0.15) is 12.4 Å². The number of pyridine rings is 1. The smallest absolute Gasteiger partial charge is 0.199 e. The van der Waals surface area contributed by atoms with E-state index in [1.54, 1.807) is 20.2 Å². The van der Waals surface area contributed by atoms with Gasteiger partial charge in [-0.3, -0.25) is 9.20 Å². The van der Waals surface area contributed by atoms with Gasteiger partial charge in [0.05, 0.1) is 36.0 Å². The van der Waals surface area contributed by atoms with E-state index in [4.69, 9.17) is 0 Å². The highest BCUT2D eigenvalue weighted by Crippen LogP contribution is 2.30. The summed E-state index contributed by atoms with van der Waals surface area (Å²) in [6, 6.07) is 8.32. The Hall–Kier alpha value is -2.90. The summed E-state index contributed by atoms with van der Waals surface area (Å²) in [5, 5.41) is 25.9. The number of fused-ring (bicyclic) bond motifs is 2. The summed E-state index contributed by atoms with van der Waals surface area (Å²) in [5.41, 5.74) is 2.78. The van der Waals surface area contributed by atoms with Crippen LogP contribution in [0.5, 0.6) is 5.75 Å². The van der Waals surface area contributed by atoms with Gasteiger partial charge in [0.2, 0.25) is 0 Å². The van der Waals surface area contributed by atoms with Gasteiger partial charge in [-0.05, 0) is 25.1 Å². The second kappa shape index (κ2) is 6.07. The summed E-state index contributed by atoms with van der Waals surface area (Å²) >= 11 is 0. The predicted molar refractivity (Wildman–Crippen MR) is 104 cm³/mol. The van der Waals surface area contributed by atoms with E-state index in [2.05, 4.69) is 10.3 Å². The first kappa shape index (κ1) is 17.5. The van der Waals surface area contributed by atoms with Crippen LogP contribution in [0.3, 0.4) is 0 Å². The number of imidazole rings is 1. The van der Waals surface area contributed by atoms with Crippen LogP contribution in [-0.2, 0) is 0 Å². The SMILES string of the molecule is Cc1nc2ccc(NCCC[N+](C)(C)O)c3c(=O)c4cc([O-])ccc4n1c23. The van der Waals surface area contributed by atoms with Crippen LogP contribution >= 0.6 is 0 Å². The summed E-state index contributed by atoms with van der Waals surface area (Å²) in [6.45, 7) is 3.11. The van der Waals surface area contributed by atoms with Crippen LogP contribution in [0.25, 0.3) is 27.3 Å². The third-order valence-corrected chi connectivity index (χ3v) is 4.86. The molecule has 7 heteroatoms. The van der Waals surface area contributed by atoms with Gasteiger partial charge in [0.15, 0.2) is 5.43 Å². The summed E-state index contributed by atoms with van der Waals surface area (Å²) in [7, 11) is 3.44. The highest BCUT2D eigenvalue weighted by molar-refractivity contribution is 6.07. The Bertz CT molecular complexity index is 1210. The fourth-order valence-corrected chi connectivity index (χ4v) is 3.67. The number of hydrogen-bond acceptors (Lipinski definition) is 5. The molecule has 4 aromatic rings. The molecule has 0 amide bonds. The summed E-state index contributed by atoms with van der Waals surface area (Å²) in [6.07, 6.45) is 0.745. The fourth-order valence-electron chi connectivity index (χ4n) is 3.67. The number of hydroxylamine groups is 3. The van der Waals surface area contributed by atoms with E-state index < -0.39 is 0 Å². The topological polar surface area (TPSA) is 89.7 Å². The molecule has 0 saturated carbocycles. The maximum atomic E-state index is 13.2. The maximum absolute atomic E-state index is 13.2. The van der Waals surface area contributed by atoms with Gasteiger partial charge in [-0.15, -0.1) is 5.75 Å². The van der Waals surface area contributed by atoms with Crippen molar-refractivity contribution in [1.29, 1.82) is 0 Å². The molecule has 0 saturated heterocycles.